The van der Waals surface area contributed by atoms with E-state index < -0.39 is 0 Å². The zero-order valence-corrected chi connectivity index (χ0v) is 19.1. The van der Waals surface area contributed by atoms with Crippen LogP contribution in [0.4, 0.5) is 0 Å². The van der Waals surface area contributed by atoms with Gasteiger partial charge in [-0.3, -0.25) is 9.79 Å². The molecule has 1 aliphatic heterocycles. The first-order valence-corrected chi connectivity index (χ1v) is 9.83. The number of hydrogen-bond donors (Lipinski definition) is 1. The summed E-state index contributed by atoms with van der Waals surface area (Å²) in [4.78, 5) is 18.9. The molecule has 0 amide bonds. The van der Waals surface area contributed by atoms with E-state index in [1.54, 1.807) is 0 Å². The zero-order valence-electron chi connectivity index (χ0n) is 16.0. The number of ether oxygens (including phenoxy) is 1. The molecule has 1 heterocycles. The molecule has 1 aromatic rings. The summed E-state index contributed by atoms with van der Waals surface area (Å²) in [5.41, 5.74) is 1.49. The summed E-state index contributed by atoms with van der Waals surface area (Å²) in [5.74, 6) is 0.880. The maximum absolute atomic E-state index is 11.7. The number of hydrogen-bond acceptors (Lipinski definition) is 3. The Labute approximate surface area is 183 Å². The highest BCUT2D eigenvalue weighted by atomic mass is 127. The Morgan fingerprint density at radius 2 is 1.93 bits per heavy atom. The van der Waals surface area contributed by atoms with Crippen LogP contribution in [-0.4, -0.2) is 50.1 Å². The van der Waals surface area contributed by atoms with Crippen molar-refractivity contribution in [1.29, 1.82) is 0 Å². The average molecular weight is 506 g/mol. The van der Waals surface area contributed by atoms with Gasteiger partial charge < -0.3 is 15.0 Å². The van der Waals surface area contributed by atoms with E-state index in [1.165, 1.54) is 25.5 Å². The Hall–Kier alpha value is -1.02. The first-order chi connectivity index (χ1) is 12.6. The number of benzene rings is 1. The van der Waals surface area contributed by atoms with Gasteiger partial charge in [-0.2, -0.15) is 0 Å². The molecule has 3 rings (SSSR count). The molecule has 5 nitrogen and oxygen atoms in total. The second-order valence-electron chi connectivity index (χ2n) is 7.24. The van der Waals surface area contributed by atoms with Gasteiger partial charge in [-0.25, -0.2) is 0 Å². The quantitative estimate of drug-likeness (QED) is 0.286. The van der Waals surface area contributed by atoms with E-state index in [9.17, 15) is 4.79 Å². The molecule has 0 bridgehead atoms. The van der Waals surface area contributed by atoms with Crippen LogP contribution in [0.1, 0.15) is 38.2 Å². The molecule has 1 aliphatic carbocycles. The molecule has 1 saturated heterocycles. The van der Waals surface area contributed by atoms with Crippen LogP contribution in [0.3, 0.4) is 0 Å². The van der Waals surface area contributed by atoms with Crippen LogP contribution in [0.2, 0.25) is 5.02 Å². The molecule has 0 aromatic heterocycles. The summed E-state index contributed by atoms with van der Waals surface area (Å²) in [6.07, 6.45) is 3.97. The molecule has 1 N–H and O–H groups in total. The molecule has 2 aliphatic rings. The van der Waals surface area contributed by atoms with Gasteiger partial charge in [0, 0.05) is 30.1 Å². The van der Waals surface area contributed by atoms with Crippen LogP contribution in [0.5, 0.6) is 0 Å². The molecule has 27 heavy (non-hydrogen) atoms. The minimum Gasteiger partial charge on any atom is -0.469 e. The highest BCUT2D eigenvalue weighted by Crippen LogP contribution is 2.48. The smallest absolute Gasteiger partial charge is 0.308 e. The Balaban J connectivity index is 0.00000261. The Bertz CT molecular complexity index is 654. The first kappa shape index (κ1) is 22.3. The molecule has 0 radical (unpaired) electrons. The van der Waals surface area contributed by atoms with Crippen molar-refractivity contribution < 1.29 is 9.53 Å². The SMILES string of the molecule is CCNC(=NCC1(c2ccc(Cl)cc2)CC1)N1CCC(C(=O)OC)CC1.I. The molecule has 1 saturated carbocycles. The van der Waals surface area contributed by atoms with Gasteiger partial charge in [0.05, 0.1) is 19.6 Å². The normalized spacial score (nSPS) is 19.2. The first-order valence-electron chi connectivity index (χ1n) is 9.45. The van der Waals surface area contributed by atoms with Crippen molar-refractivity contribution in [3.63, 3.8) is 0 Å². The second-order valence-corrected chi connectivity index (χ2v) is 7.68. The van der Waals surface area contributed by atoms with Crippen molar-refractivity contribution in [2.24, 2.45) is 10.9 Å². The lowest BCUT2D eigenvalue weighted by atomic mass is 9.96. The molecule has 7 heteroatoms. The third-order valence-corrected chi connectivity index (χ3v) is 5.76. The molecule has 1 aromatic carbocycles. The highest BCUT2D eigenvalue weighted by molar-refractivity contribution is 14.0. The number of nitrogens with one attached hydrogen (secondary N) is 1. The van der Waals surface area contributed by atoms with Crippen molar-refractivity contribution in [2.75, 3.05) is 33.3 Å². The van der Waals surface area contributed by atoms with Crippen LogP contribution in [0, 0.1) is 5.92 Å². The largest absolute Gasteiger partial charge is 0.469 e. The summed E-state index contributed by atoms with van der Waals surface area (Å²) in [5, 5.41) is 4.18. The summed E-state index contributed by atoms with van der Waals surface area (Å²) in [7, 11) is 1.46. The Morgan fingerprint density at radius 1 is 1.30 bits per heavy atom. The lowest BCUT2D eigenvalue weighted by Gasteiger charge is -2.33. The van der Waals surface area contributed by atoms with Crippen molar-refractivity contribution in [3.8, 4) is 0 Å². The minimum absolute atomic E-state index is 0. The third kappa shape index (κ3) is 5.50. The van der Waals surface area contributed by atoms with E-state index in [-0.39, 0.29) is 41.3 Å². The number of aliphatic imine (C=N–C) groups is 1. The molecule has 0 spiro atoms. The zero-order chi connectivity index (χ0) is 18.6. The fraction of sp³-hybridized carbons (Fsp3) is 0.600. The van der Waals surface area contributed by atoms with Gasteiger partial charge in [0.1, 0.15) is 0 Å². The third-order valence-electron chi connectivity index (χ3n) is 5.51. The number of likely N-dealkylation sites (tertiary alicyclic amines) is 1. The van der Waals surface area contributed by atoms with Gasteiger partial charge in [-0.15, -0.1) is 24.0 Å². The van der Waals surface area contributed by atoms with Crippen molar-refractivity contribution >= 4 is 47.5 Å². The number of methoxy groups -OCH3 is 1. The Kier molecular flexibility index (Phi) is 8.21. The van der Waals surface area contributed by atoms with Crippen molar-refractivity contribution in [3.05, 3.63) is 34.9 Å². The fourth-order valence-corrected chi connectivity index (χ4v) is 3.76. The number of esters is 1. The van der Waals surface area contributed by atoms with Gasteiger partial charge in [0.15, 0.2) is 5.96 Å². The molecular weight excluding hydrogens is 477 g/mol. The van der Waals surface area contributed by atoms with Crippen LogP contribution in [0.15, 0.2) is 29.3 Å². The number of nitrogens with zero attached hydrogens (tertiary/aromatic N) is 2. The Morgan fingerprint density at radius 3 is 2.44 bits per heavy atom. The maximum Gasteiger partial charge on any atom is 0.308 e. The van der Waals surface area contributed by atoms with Crippen LogP contribution in [0.25, 0.3) is 0 Å². The second kappa shape index (κ2) is 9.96. The number of piperidine rings is 1. The van der Waals surface area contributed by atoms with Gasteiger partial charge in [-0.1, -0.05) is 23.7 Å². The van der Waals surface area contributed by atoms with E-state index in [1.807, 2.05) is 12.1 Å². The summed E-state index contributed by atoms with van der Waals surface area (Å²) >= 11 is 6.02. The summed E-state index contributed by atoms with van der Waals surface area (Å²) in [6, 6.07) is 8.17. The van der Waals surface area contributed by atoms with E-state index >= 15 is 0 Å². The maximum atomic E-state index is 11.7. The molecule has 0 atom stereocenters. The van der Waals surface area contributed by atoms with E-state index in [2.05, 4.69) is 29.3 Å². The number of halogens is 2. The van der Waals surface area contributed by atoms with Crippen LogP contribution < -0.4 is 5.32 Å². The van der Waals surface area contributed by atoms with Crippen molar-refractivity contribution in [1.82, 2.24) is 10.2 Å². The molecule has 2 fully saturated rings. The molecular formula is C20H29ClIN3O2. The van der Waals surface area contributed by atoms with Crippen LogP contribution in [-0.2, 0) is 14.9 Å². The molecule has 150 valence electrons. The predicted molar refractivity (Wildman–Crippen MR) is 120 cm³/mol. The van der Waals surface area contributed by atoms with E-state index in [4.69, 9.17) is 21.3 Å². The number of guanidine groups is 1. The van der Waals surface area contributed by atoms with E-state index in [0.29, 0.717) is 0 Å². The van der Waals surface area contributed by atoms with Gasteiger partial charge in [-0.05, 0) is 50.3 Å². The van der Waals surface area contributed by atoms with E-state index in [0.717, 1.165) is 50.0 Å². The summed E-state index contributed by atoms with van der Waals surface area (Å²) in [6.45, 7) is 5.37. The topological polar surface area (TPSA) is 53.9 Å². The van der Waals surface area contributed by atoms with Gasteiger partial charge in [0.25, 0.3) is 0 Å². The lowest BCUT2D eigenvalue weighted by molar-refractivity contribution is -0.146. The number of carbonyl (C=O) groups excluding carboxylic acids is 1. The van der Waals surface area contributed by atoms with Crippen molar-refractivity contribution in [2.45, 2.75) is 38.0 Å². The average Bonchev–Trinajstić information content (AvgIpc) is 3.46. The number of rotatable bonds is 5. The predicted octanol–water partition coefficient (Wildman–Crippen LogP) is 3.84. The minimum atomic E-state index is -0.0914. The summed E-state index contributed by atoms with van der Waals surface area (Å²) < 4.78 is 4.88. The fourth-order valence-electron chi connectivity index (χ4n) is 3.64. The standard InChI is InChI=1S/C20H28ClN3O2.HI/c1-3-22-19(24-12-8-15(9-13-24)18(25)26-2)23-14-20(10-11-20)16-4-6-17(21)7-5-16;/h4-7,15H,3,8-14H2,1-2H3,(H,22,23);1H. The monoisotopic (exact) mass is 505 g/mol. The van der Waals surface area contributed by atoms with Gasteiger partial charge >= 0.3 is 5.97 Å². The molecule has 0 unspecified atom stereocenters. The highest BCUT2D eigenvalue weighted by Gasteiger charge is 2.44. The number of carbonyl (C=O) groups is 1. The van der Waals surface area contributed by atoms with Gasteiger partial charge in [0.2, 0.25) is 0 Å². The lowest BCUT2D eigenvalue weighted by Crippen LogP contribution is -2.47. The van der Waals surface area contributed by atoms with Crippen LogP contribution >= 0.6 is 35.6 Å².